The Balaban J connectivity index is 1.55. The summed E-state index contributed by atoms with van der Waals surface area (Å²) < 4.78 is 18.8. The van der Waals surface area contributed by atoms with E-state index in [1.165, 1.54) is 29.8 Å². The van der Waals surface area contributed by atoms with Gasteiger partial charge >= 0.3 is 5.97 Å². The number of aromatic nitrogens is 1. The number of methoxy groups -OCH3 is 1. The molecule has 0 aliphatic carbocycles. The molecule has 0 radical (unpaired) electrons. The average Bonchev–Trinajstić information content (AvgIpc) is 3.60. The lowest BCUT2D eigenvalue weighted by molar-refractivity contribution is -0.139. The quantitative estimate of drug-likeness (QED) is 0.263. The largest absolute Gasteiger partial charge is 0.493 e. The van der Waals surface area contributed by atoms with Gasteiger partial charge in [0, 0.05) is 10.4 Å². The van der Waals surface area contributed by atoms with Crippen LogP contribution in [0.25, 0.3) is 6.08 Å². The molecule has 0 unspecified atom stereocenters. The van der Waals surface area contributed by atoms with Crippen LogP contribution in [-0.4, -0.2) is 24.3 Å². The van der Waals surface area contributed by atoms with Gasteiger partial charge in [-0.25, -0.2) is 9.79 Å². The van der Waals surface area contributed by atoms with Crippen molar-refractivity contribution in [3.63, 3.8) is 0 Å². The van der Waals surface area contributed by atoms with Crippen LogP contribution >= 0.6 is 34.3 Å². The van der Waals surface area contributed by atoms with Gasteiger partial charge in [-0.1, -0.05) is 47.2 Å². The van der Waals surface area contributed by atoms with Crippen molar-refractivity contribution < 1.29 is 19.0 Å². The van der Waals surface area contributed by atoms with Crippen molar-refractivity contribution in [2.75, 3.05) is 13.7 Å². The van der Waals surface area contributed by atoms with Crippen LogP contribution in [0.4, 0.5) is 0 Å². The van der Waals surface area contributed by atoms with Crippen LogP contribution in [0.2, 0.25) is 5.02 Å². The Morgan fingerprint density at radius 3 is 2.76 bits per heavy atom. The van der Waals surface area contributed by atoms with Gasteiger partial charge in [-0.2, -0.15) is 5.26 Å². The SMILES string of the molecule is CCOC(=O)C1=C(C)N=c2s/c(=C\c3cc(Cl)c(OCc4ccccc4C#N)c(OC)c3)c(=O)n2[C@H]1c1cccs1. The molecule has 11 heteroatoms. The number of nitriles is 1. The fourth-order valence-corrected chi connectivity index (χ4v) is 6.67. The summed E-state index contributed by atoms with van der Waals surface area (Å²) in [7, 11) is 1.50. The van der Waals surface area contributed by atoms with Gasteiger partial charge in [-0.3, -0.25) is 9.36 Å². The van der Waals surface area contributed by atoms with E-state index < -0.39 is 12.0 Å². The summed E-state index contributed by atoms with van der Waals surface area (Å²) in [6, 6.07) is 15.8. The van der Waals surface area contributed by atoms with Crippen molar-refractivity contribution in [3.05, 3.63) is 111 Å². The first-order valence-electron chi connectivity index (χ1n) is 12.6. The summed E-state index contributed by atoms with van der Waals surface area (Å²) >= 11 is 9.29. The third-order valence-electron chi connectivity index (χ3n) is 6.39. The van der Waals surface area contributed by atoms with E-state index in [1.807, 2.05) is 29.6 Å². The van der Waals surface area contributed by atoms with Gasteiger partial charge in [0.2, 0.25) is 0 Å². The molecule has 2 aromatic carbocycles. The minimum absolute atomic E-state index is 0.128. The van der Waals surface area contributed by atoms with Gasteiger partial charge in [-0.15, -0.1) is 11.3 Å². The standard InChI is InChI=1S/C30H24ClN3O5S2/c1-4-38-29(36)25-17(2)33-30-34(26(25)23-10-7-11-40-23)28(35)24(41-30)14-18-12-21(31)27(22(13-18)37-3)39-16-20-9-6-5-8-19(20)15-32/h5-14,26H,4,16H2,1-3H3/b24-14-/t26-/m0/s1. The third-order valence-corrected chi connectivity index (χ3v) is 8.58. The maximum Gasteiger partial charge on any atom is 0.338 e. The number of hydrogen-bond donors (Lipinski definition) is 0. The number of nitrogens with zero attached hydrogens (tertiary/aromatic N) is 3. The van der Waals surface area contributed by atoms with E-state index in [9.17, 15) is 14.9 Å². The van der Waals surface area contributed by atoms with Gasteiger partial charge in [0.15, 0.2) is 16.3 Å². The Labute approximate surface area is 248 Å². The van der Waals surface area contributed by atoms with Crippen molar-refractivity contribution in [3.8, 4) is 17.6 Å². The Hall–Kier alpha value is -4.17. The molecule has 1 aliphatic heterocycles. The topological polar surface area (TPSA) is 103 Å². The molecule has 41 heavy (non-hydrogen) atoms. The predicted molar refractivity (Wildman–Crippen MR) is 158 cm³/mol. The molecule has 0 fully saturated rings. The van der Waals surface area contributed by atoms with E-state index in [-0.39, 0.29) is 23.8 Å². The molecule has 8 nitrogen and oxygen atoms in total. The number of carbonyl (C=O) groups is 1. The molecule has 3 heterocycles. The van der Waals surface area contributed by atoms with Crippen LogP contribution < -0.4 is 24.4 Å². The molecule has 2 aromatic heterocycles. The molecule has 0 bridgehead atoms. The van der Waals surface area contributed by atoms with Crippen molar-refractivity contribution >= 4 is 46.3 Å². The summed E-state index contributed by atoms with van der Waals surface area (Å²) in [6.07, 6.45) is 1.71. The van der Waals surface area contributed by atoms with Crippen LogP contribution in [0, 0.1) is 11.3 Å². The second kappa shape index (κ2) is 12.1. The molecule has 4 aromatic rings. The number of benzene rings is 2. The minimum atomic E-state index is -0.641. The number of hydrogen-bond acceptors (Lipinski definition) is 9. The van der Waals surface area contributed by atoms with Gasteiger partial charge in [-0.05, 0) is 55.1 Å². The second-order valence-corrected chi connectivity index (χ2v) is 11.3. The third kappa shape index (κ3) is 5.57. The summed E-state index contributed by atoms with van der Waals surface area (Å²) in [5.74, 6) is 0.210. The van der Waals surface area contributed by atoms with Gasteiger partial charge < -0.3 is 14.2 Å². The van der Waals surface area contributed by atoms with E-state index in [1.54, 1.807) is 48.8 Å². The van der Waals surface area contributed by atoms with Crippen LogP contribution in [0.3, 0.4) is 0 Å². The first kappa shape index (κ1) is 28.4. The fourth-order valence-electron chi connectivity index (χ4n) is 4.53. The smallest absolute Gasteiger partial charge is 0.338 e. The molecule has 0 N–H and O–H groups in total. The lowest BCUT2D eigenvalue weighted by Gasteiger charge is -2.23. The minimum Gasteiger partial charge on any atom is -0.493 e. The van der Waals surface area contributed by atoms with Crippen molar-refractivity contribution in [2.45, 2.75) is 26.5 Å². The highest BCUT2D eigenvalue weighted by atomic mass is 35.5. The van der Waals surface area contributed by atoms with Gasteiger partial charge in [0.1, 0.15) is 12.6 Å². The lowest BCUT2D eigenvalue weighted by atomic mass is 10.0. The molecule has 0 saturated carbocycles. The number of halogens is 1. The van der Waals surface area contributed by atoms with E-state index in [0.717, 1.165) is 10.4 Å². The Kier molecular flexibility index (Phi) is 8.40. The van der Waals surface area contributed by atoms with E-state index >= 15 is 0 Å². The number of fused-ring (bicyclic) bond motifs is 1. The van der Waals surface area contributed by atoms with Crippen LogP contribution in [0.15, 0.2) is 75.0 Å². The zero-order valence-corrected chi connectivity index (χ0v) is 24.7. The van der Waals surface area contributed by atoms with Crippen molar-refractivity contribution in [1.82, 2.24) is 4.57 Å². The molecule has 1 atom stereocenters. The summed E-state index contributed by atoms with van der Waals surface area (Å²) in [5, 5.41) is 11.6. The van der Waals surface area contributed by atoms with Crippen LogP contribution in [0.1, 0.15) is 41.5 Å². The van der Waals surface area contributed by atoms with E-state index in [0.29, 0.717) is 43.2 Å². The van der Waals surface area contributed by atoms with Gasteiger partial charge in [0.25, 0.3) is 5.56 Å². The number of rotatable bonds is 8. The predicted octanol–water partition coefficient (Wildman–Crippen LogP) is 4.97. The highest BCUT2D eigenvalue weighted by Gasteiger charge is 2.33. The summed E-state index contributed by atoms with van der Waals surface area (Å²) in [4.78, 5) is 32.6. The van der Waals surface area contributed by atoms with E-state index in [2.05, 4.69) is 11.1 Å². The van der Waals surface area contributed by atoms with Crippen molar-refractivity contribution in [1.29, 1.82) is 5.26 Å². The molecule has 1 aliphatic rings. The first-order chi connectivity index (χ1) is 19.9. The highest BCUT2D eigenvalue weighted by molar-refractivity contribution is 7.10. The number of allylic oxidation sites excluding steroid dienone is 1. The van der Waals surface area contributed by atoms with E-state index in [4.69, 9.17) is 25.8 Å². The number of carbonyl (C=O) groups excluding carboxylic acids is 1. The molecule has 5 rings (SSSR count). The molecule has 208 valence electrons. The Morgan fingerprint density at radius 1 is 1.24 bits per heavy atom. The van der Waals surface area contributed by atoms with Crippen molar-refractivity contribution in [2.24, 2.45) is 4.99 Å². The number of thiophene rings is 1. The van der Waals surface area contributed by atoms with Crippen LogP contribution in [0.5, 0.6) is 11.5 Å². The number of thiazole rings is 1. The molecule has 0 saturated heterocycles. The Morgan fingerprint density at radius 2 is 2.05 bits per heavy atom. The monoisotopic (exact) mass is 605 g/mol. The number of ether oxygens (including phenoxy) is 3. The normalized spacial score (nSPS) is 14.7. The molecule has 0 amide bonds. The summed E-state index contributed by atoms with van der Waals surface area (Å²) in [6.45, 7) is 3.83. The van der Waals surface area contributed by atoms with Crippen LogP contribution in [-0.2, 0) is 16.1 Å². The molecular weight excluding hydrogens is 582 g/mol. The zero-order chi connectivity index (χ0) is 29.1. The second-order valence-electron chi connectivity index (χ2n) is 8.91. The maximum atomic E-state index is 13.8. The molecular formula is C30H24ClN3O5S2. The Bertz CT molecular complexity index is 1880. The molecule has 0 spiro atoms. The fraction of sp³-hybridized carbons (Fsp3) is 0.200. The first-order valence-corrected chi connectivity index (χ1v) is 14.6. The zero-order valence-electron chi connectivity index (χ0n) is 22.3. The highest BCUT2D eigenvalue weighted by Crippen LogP contribution is 2.37. The summed E-state index contributed by atoms with van der Waals surface area (Å²) in [5.41, 5.74) is 2.42. The lowest BCUT2D eigenvalue weighted by Crippen LogP contribution is -2.39. The average molecular weight is 606 g/mol. The number of esters is 1. The maximum absolute atomic E-state index is 13.8. The van der Waals surface area contributed by atoms with Gasteiger partial charge in [0.05, 0.1) is 46.2 Å².